The van der Waals surface area contributed by atoms with Gasteiger partial charge in [-0.05, 0) is 103 Å². The average molecular weight is 911 g/mol. The summed E-state index contributed by atoms with van der Waals surface area (Å²) >= 11 is 0. The molecule has 0 aliphatic rings. The number of esters is 3. The van der Waals surface area contributed by atoms with Crippen LogP contribution in [0.15, 0.2) is 134 Å². The molecular weight excluding hydrogens is 817 g/mol. The Morgan fingerprint density at radius 2 is 0.652 bits per heavy atom. The van der Waals surface area contributed by atoms with Gasteiger partial charge in [0, 0.05) is 19.3 Å². The van der Waals surface area contributed by atoms with E-state index in [-0.39, 0.29) is 31.6 Å². The molecule has 0 fully saturated rings. The monoisotopic (exact) mass is 911 g/mol. The third-order valence-electron chi connectivity index (χ3n) is 10.5. The molecule has 0 rings (SSSR count). The van der Waals surface area contributed by atoms with E-state index in [1.807, 2.05) is 18.2 Å². The van der Waals surface area contributed by atoms with Crippen LogP contribution in [0.1, 0.15) is 207 Å². The predicted molar refractivity (Wildman–Crippen MR) is 283 cm³/mol. The zero-order chi connectivity index (χ0) is 47.9. The van der Waals surface area contributed by atoms with Crippen molar-refractivity contribution >= 4 is 17.9 Å². The highest BCUT2D eigenvalue weighted by atomic mass is 16.6. The van der Waals surface area contributed by atoms with Crippen LogP contribution in [0, 0.1) is 0 Å². The quantitative estimate of drug-likeness (QED) is 0.0199. The fourth-order valence-electron chi connectivity index (χ4n) is 6.62. The first-order valence-corrected chi connectivity index (χ1v) is 26.2. The standard InChI is InChI=1S/C60H94O6/c1-4-7-10-13-16-19-22-25-27-29-30-31-33-35-38-41-44-47-50-53-59(62)65-56-57(55-64-58(61)52-49-46-43-40-37-34-24-21-18-15-12-9-6-3)66-60(63)54-51-48-45-42-39-36-32-28-26-23-20-17-14-11-8-5-2/h7-12,15-21,24-28,36,39,45,48,57H,4-6,13-14,22-23,29-35,37-38,40-44,46-47,49-56H2,1-3H3/b10-7-,11-8-,12-9-,18-15-,19-16-,20-17-,24-21-,27-25-,28-26-,39-36-,48-45-. The summed E-state index contributed by atoms with van der Waals surface area (Å²) < 4.78 is 16.7. The molecule has 1 atom stereocenters. The summed E-state index contributed by atoms with van der Waals surface area (Å²) in [7, 11) is 0. The van der Waals surface area contributed by atoms with Gasteiger partial charge in [0.1, 0.15) is 13.2 Å². The van der Waals surface area contributed by atoms with E-state index >= 15 is 0 Å². The maximum Gasteiger partial charge on any atom is 0.306 e. The van der Waals surface area contributed by atoms with Crippen LogP contribution in [0.25, 0.3) is 0 Å². The van der Waals surface area contributed by atoms with Gasteiger partial charge >= 0.3 is 17.9 Å². The minimum atomic E-state index is -0.833. The molecule has 0 spiro atoms. The second kappa shape index (κ2) is 53.2. The molecule has 0 aromatic carbocycles. The summed E-state index contributed by atoms with van der Waals surface area (Å²) in [4.78, 5) is 38.0. The van der Waals surface area contributed by atoms with Crippen molar-refractivity contribution < 1.29 is 28.6 Å². The Labute approximate surface area is 405 Å². The number of allylic oxidation sites excluding steroid dienone is 22. The van der Waals surface area contributed by atoms with Crippen LogP contribution < -0.4 is 0 Å². The van der Waals surface area contributed by atoms with Gasteiger partial charge in [-0.25, -0.2) is 0 Å². The zero-order valence-corrected chi connectivity index (χ0v) is 42.1. The van der Waals surface area contributed by atoms with Crippen molar-refractivity contribution in [2.75, 3.05) is 13.2 Å². The Bertz CT molecular complexity index is 1460. The first-order valence-electron chi connectivity index (χ1n) is 26.2. The molecule has 0 aliphatic heterocycles. The summed E-state index contributed by atoms with van der Waals surface area (Å²) in [6.07, 6.45) is 74.5. The van der Waals surface area contributed by atoms with Crippen LogP contribution in [0.4, 0.5) is 0 Å². The third-order valence-corrected chi connectivity index (χ3v) is 10.5. The summed E-state index contributed by atoms with van der Waals surface area (Å²) in [5.41, 5.74) is 0. The van der Waals surface area contributed by atoms with Gasteiger partial charge in [-0.15, -0.1) is 0 Å². The lowest BCUT2D eigenvalue weighted by Gasteiger charge is -2.18. The van der Waals surface area contributed by atoms with E-state index in [4.69, 9.17) is 14.2 Å². The fourth-order valence-corrected chi connectivity index (χ4v) is 6.62. The Morgan fingerprint density at radius 1 is 0.318 bits per heavy atom. The molecule has 0 N–H and O–H groups in total. The second-order valence-corrected chi connectivity index (χ2v) is 16.7. The van der Waals surface area contributed by atoms with Crippen molar-refractivity contribution in [3.63, 3.8) is 0 Å². The van der Waals surface area contributed by atoms with Gasteiger partial charge in [0.15, 0.2) is 6.10 Å². The normalized spacial score (nSPS) is 13.2. The molecule has 370 valence electrons. The van der Waals surface area contributed by atoms with Gasteiger partial charge in [0.25, 0.3) is 0 Å². The maximum absolute atomic E-state index is 12.8. The number of hydrogen-bond donors (Lipinski definition) is 0. The zero-order valence-electron chi connectivity index (χ0n) is 42.1. The molecule has 0 saturated carbocycles. The number of carbonyl (C=O) groups excluding carboxylic acids is 3. The van der Waals surface area contributed by atoms with E-state index in [1.165, 1.54) is 38.5 Å². The third kappa shape index (κ3) is 50.5. The SMILES string of the molecule is CC\C=C/C=C\C=C/CCCCCCCC(=O)OCC(COC(=O)CCCCCCCCCCC/C=C\C/C=C\C/C=C\CC)OC(=O)CC/C=C\C/C=C\C/C=C\C/C=C\C/C=C\CC. The highest BCUT2D eigenvalue weighted by Crippen LogP contribution is 2.13. The molecule has 6 heteroatoms. The molecule has 0 aromatic rings. The van der Waals surface area contributed by atoms with Crippen molar-refractivity contribution in [2.24, 2.45) is 0 Å². The Kier molecular flexibility index (Phi) is 49.6. The van der Waals surface area contributed by atoms with Crippen LogP contribution in [0.2, 0.25) is 0 Å². The lowest BCUT2D eigenvalue weighted by atomic mass is 10.1. The van der Waals surface area contributed by atoms with Crippen molar-refractivity contribution in [2.45, 2.75) is 213 Å². The summed E-state index contributed by atoms with van der Waals surface area (Å²) in [5, 5.41) is 0. The molecule has 1 unspecified atom stereocenters. The van der Waals surface area contributed by atoms with Crippen LogP contribution >= 0.6 is 0 Å². The van der Waals surface area contributed by atoms with Gasteiger partial charge in [0.2, 0.25) is 0 Å². The van der Waals surface area contributed by atoms with Gasteiger partial charge in [-0.3, -0.25) is 14.4 Å². The van der Waals surface area contributed by atoms with E-state index < -0.39 is 12.1 Å². The van der Waals surface area contributed by atoms with Gasteiger partial charge in [0.05, 0.1) is 0 Å². The molecule has 6 nitrogen and oxygen atoms in total. The average Bonchev–Trinajstić information content (AvgIpc) is 3.31. The largest absolute Gasteiger partial charge is 0.462 e. The van der Waals surface area contributed by atoms with E-state index in [1.54, 1.807) is 0 Å². The van der Waals surface area contributed by atoms with Crippen LogP contribution in [0.5, 0.6) is 0 Å². The Hall–Kier alpha value is -4.45. The smallest absolute Gasteiger partial charge is 0.306 e. The lowest BCUT2D eigenvalue weighted by Crippen LogP contribution is -2.30. The summed E-state index contributed by atoms with van der Waals surface area (Å²) in [6, 6.07) is 0. The number of rotatable bonds is 45. The molecule has 0 bridgehead atoms. The highest BCUT2D eigenvalue weighted by Gasteiger charge is 2.19. The van der Waals surface area contributed by atoms with Crippen molar-refractivity contribution in [1.29, 1.82) is 0 Å². The fraction of sp³-hybridized carbons (Fsp3) is 0.583. The van der Waals surface area contributed by atoms with E-state index in [9.17, 15) is 14.4 Å². The lowest BCUT2D eigenvalue weighted by molar-refractivity contribution is -0.166. The van der Waals surface area contributed by atoms with E-state index in [0.717, 1.165) is 122 Å². The highest BCUT2D eigenvalue weighted by molar-refractivity contribution is 5.71. The molecule has 0 amide bonds. The topological polar surface area (TPSA) is 78.9 Å². The van der Waals surface area contributed by atoms with E-state index in [2.05, 4.69) is 136 Å². The predicted octanol–water partition coefficient (Wildman–Crippen LogP) is 17.5. The second-order valence-electron chi connectivity index (χ2n) is 16.7. The number of hydrogen-bond acceptors (Lipinski definition) is 6. The number of ether oxygens (including phenoxy) is 3. The van der Waals surface area contributed by atoms with Gasteiger partial charge < -0.3 is 14.2 Å². The number of unbranched alkanes of at least 4 members (excludes halogenated alkanes) is 14. The van der Waals surface area contributed by atoms with Crippen LogP contribution in [-0.2, 0) is 28.6 Å². The Morgan fingerprint density at radius 3 is 1.08 bits per heavy atom. The van der Waals surface area contributed by atoms with Gasteiger partial charge in [-0.1, -0.05) is 219 Å². The molecule has 0 aromatic heterocycles. The minimum Gasteiger partial charge on any atom is -0.462 e. The van der Waals surface area contributed by atoms with E-state index in [0.29, 0.717) is 19.3 Å². The first-order chi connectivity index (χ1) is 32.5. The maximum atomic E-state index is 12.8. The molecule has 0 saturated heterocycles. The van der Waals surface area contributed by atoms with Crippen LogP contribution in [-0.4, -0.2) is 37.2 Å². The molecular formula is C60H94O6. The van der Waals surface area contributed by atoms with Crippen molar-refractivity contribution in [3.05, 3.63) is 134 Å². The first kappa shape index (κ1) is 61.5. The van der Waals surface area contributed by atoms with Crippen molar-refractivity contribution in [3.8, 4) is 0 Å². The van der Waals surface area contributed by atoms with Crippen LogP contribution in [0.3, 0.4) is 0 Å². The van der Waals surface area contributed by atoms with Gasteiger partial charge in [-0.2, -0.15) is 0 Å². The minimum absolute atomic E-state index is 0.122. The number of carbonyl (C=O) groups is 3. The molecule has 66 heavy (non-hydrogen) atoms. The molecule has 0 radical (unpaired) electrons. The molecule has 0 aliphatic carbocycles. The summed E-state index contributed by atoms with van der Waals surface area (Å²) in [5.74, 6) is -1.04. The van der Waals surface area contributed by atoms with Crippen molar-refractivity contribution in [1.82, 2.24) is 0 Å². The Balaban J connectivity index is 4.52. The summed E-state index contributed by atoms with van der Waals surface area (Å²) in [6.45, 7) is 6.18. The molecule has 0 heterocycles.